The van der Waals surface area contributed by atoms with Gasteiger partial charge in [-0.15, -0.1) is 0 Å². The average molecular weight is 405 g/mol. The van der Waals surface area contributed by atoms with Gasteiger partial charge in [0.05, 0.1) is 18.0 Å². The van der Waals surface area contributed by atoms with Gasteiger partial charge in [0.25, 0.3) is 5.91 Å². The molecule has 0 fully saturated rings. The van der Waals surface area contributed by atoms with Gasteiger partial charge in [0.2, 0.25) is 5.91 Å². The molecule has 0 spiro atoms. The van der Waals surface area contributed by atoms with Crippen molar-refractivity contribution in [1.29, 1.82) is 0 Å². The zero-order valence-electron chi connectivity index (χ0n) is 17.2. The standard InChI is InChI=1S/C23H23N3O4/c1-4-30-22(28)13-25-19-9-14(2)15(3)10-20(19)26(12-21(25)27)23(29)17-6-5-16-7-8-24-18(16)11-17/h5-11,24H,4,12-13H2,1-3H3. The predicted octanol–water partition coefficient (Wildman–Crippen LogP) is 3.34. The molecule has 154 valence electrons. The van der Waals surface area contributed by atoms with Gasteiger partial charge >= 0.3 is 5.97 Å². The number of H-pyrrole nitrogens is 1. The van der Waals surface area contributed by atoms with E-state index < -0.39 is 5.97 Å². The Labute approximate surface area is 174 Å². The number of nitrogens with zero attached hydrogens (tertiary/aromatic N) is 2. The van der Waals surface area contributed by atoms with Gasteiger partial charge in [0.1, 0.15) is 13.1 Å². The van der Waals surface area contributed by atoms with Crippen LogP contribution in [0, 0.1) is 13.8 Å². The van der Waals surface area contributed by atoms with Gasteiger partial charge in [0, 0.05) is 17.3 Å². The summed E-state index contributed by atoms with van der Waals surface area (Å²) in [5.41, 5.74) is 4.46. The lowest BCUT2D eigenvalue weighted by molar-refractivity contribution is -0.142. The first-order valence-corrected chi connectivity index (χ1v) is 9.85. The van der Waals surface area contributed by atoms with E-state index in [2.05, 4.69) is 4.98 Å². The van der Waals surface area contributed by atoms with Crippen molar-refractivity contribution in [1.82, 2.24) is 4.98 Å². The summed E-state index contributed by atoms with van der Waals surface area (Å²) in [5.74, 6) is -1.07. The molecule has 1 aliphatic heterocycles. The van der Waals surface area contributed by atoms with Gasteiger partial charge in [-0.2, -0.15) is 0 Å². The van der Waals surface area contributed by atoms with Gasteiger partial charge in [-0.25, -0.2) is 0 Å². The minimum absolute atomic E-state index is 0.142. The summed E-state index contributed by atoms with van der Waals surface area (Å²) < 4.78 is 5.02. The molecule has 0 atom stereocenters. The van der Waals surface area contributed by atoms with Crippen LogP contribution in [-0.2, 0) is 14.3 Å². The number of hydrogen-bond donors (Lipinski definition) is 1. The highest BCUT2D eigenvalue weighted by Gasteiger charge is 2.34. The first-order valence-electron chi connectivity index (χ1n) is 9.85. The second-order valence-electron chi connectivity index (χ2n) is 7.38. The van der Waals surface area contributed by atoms with Crippen molar-refractivity contribution in [2.45, 2.75) is 20.8 Å². The molecule has 0 saturated carbocycles. The Morgan fingerprint density at radius 2 is 1.80 bits per heavy atom. The number of rotatable bonds is 4. The van der Waals surface area contributed by atoms with E-state index >= 15 is 0 Å². The van der Waals surface area contributed by atoms with Crippen LogP contribution in [-0.4, -0.2) is 42.5 Å². The third-order valence-electron chi connectivity index (χ3n) is 5.41. The van der Waals surface area contributed by atoms with Crippen molar-refractivity contribution in [2.75, 3.05) is 29.5 Å². The van der Waals surface area contributed by atoms with Gasteiger partial charge in [-0.1, -0.05) is 6.07 Å². The van der Waals surface area contributed by atoms with Crippen LogP contribution in [0.1, 0.15) is 28.4 Å². The van der Waals surface area contributed by atoms with E-state index in [1.165, 1.54) is 9.80 Å². The third kappa shape index (κ3) is 3.43. The number of nitrogens with one attached hydrogen (secondary N) is 1. The van der Waals surface area contributed by atoms with Gasteiger partial charge in [-0.3, -0.25) is 24.2 Å². The second kappa shape index (κ2) is 7.67. The molecule has 0 saturated heterocycles. The van der Waals surface area contributed by atoms with Gasteiger partial charge in [0.15, 0.2) is 0 Å². The first kappa shape index (κ1) is 19.7. The lowest BCUT2D eigenvalue weighted by Gasteiger charge is -2.36. The number of hydrogen-bond acceptors (Lipinski definition) is 4. The molecule has 1 N–H and O–H groups in total. The monoisotopic (exact) mass is 405 g/mol. The minimum Gasteiger partial charge on any atom is -0.465 e. The summed E-state index contributed by atoms with van der Waals surface area (Å²) in [5, 5.41) is 1.01. The van der Waals surface area contributed by atoms with Gasteiger partial charge in [-0.05, 0) is 67.6 Å². The number of aryl methyl sites for hydroxylation is 2. The number of aromatic amines is 1. The predicted molar refractivity (Wildman–Crippen MR) is 115 cm³/mol. The number of amides is 2. The molecule has 4 rings (SSSR count). The topological polar surface area (TPSA) is 82.7 Å². The van der Waals surface area contributed by atoms with Crippen LogP contribution in [0.2, 0.25) is 0 Å². The van der Waals surface area contributed by atoms with Crippen molar-refractivity contribution in [3.05, 3.63) is 59.3 Å². The van der Waals surface area contributed by atoms with Crippen LogP contribution < -0.4 is 9.80 Å². The fraction of sp³-hybridized carbons (Fsp3) is 0.261. The van der Waals surface area contributed by atoms with Crippen LogP contribution in [0.5, 0.6) is 0 Å². The molecule has 2 heterocycles. The molecule has 7 heteroatoms. The van der Waals surface area contributed by atoms with Crippen LogP contribution in [0.15, 0.2) is 42.6 Å². The van der Waals surface area contributed by atoms with Crippen LogP contribution in [0.3, 0.4) is 0 Å². The number of benzene rings is 2. The highest BCUT2D eigenvalue weighted by atomic mass is 16.5. The van der Waals surface area contributed by atoms with Crippen molar-refractivity contribution >= 4 is 40.1 Å². The number of ether oxygens (including phenoxy) is 1. The molecule has 1 aromatic heterocycles. The summed E-state index contributed by atoms with van der Waals surface area (Å²) in [7, 11) is 0. The Hall–Kier alpha value is -3.61. The Bertz CT molecular complexity index is 1160. The average Bonchev–Trinajstić information content (AvgIpc) is 3.19. The maximum Gasteiger partial charge on any atom is 0.326 e. The van der Waals surface area contributed by atoms with E-state index in [1.807, 2.05) is 44.3 Å². The zero-order valence-corrected chi connectivity index (χ0v) is 17.2. The molecule has 1 aliphatic rings. The second-order valence-corrected chi connectivity index (χ2v) is 7.38. The zero-order chi connectivity index (χ0) is 21.4. The highest BCUT2D eigenvalue weighted by molar-refractivity contribution is 6.17. The molecular weight excluding hydrogens is 382 g/mol. The number of carbonyl (C=O) groups is 3. The summed E-state index contributed by atoms with van der Waals surface area (Å²) in [6.45, 7) is 5.53. The molecule has 0 bridgehead atoms. The number of aromatic nitrogens is 1. The fourth-order valence-corrected chi connectivity index (χ4v) is 3.69. The molecule has 30 heavy (non-hydrogen) atoms. The first-order chi connectivity index (χ1) is 14.4. The molecule has 7 nitrogen and oxygen atoms in total. The van der Waals surface area contributed by atoms with Crippen LogP contribution in [0.4, 0.5) is 11.4 Å². The molecular formula is C23H23N3O4. The van der Waals surface area contributed by atoms with E-state index in [0.29, 0.717) is 16.9 Å². The Morgan fingerprint density at radius 3 is 2.53 bits per heavy atom. The van der Waals surface area contributed by atoms with E-state index in [-0.39, 0.29) is 31.5 Å². The smallest absolute Gasteiger partial charge is 0.326 e. The highest BCUT2D eigenvalue weighted by Crippen LogP contribution is 2.37. The Morgan fingerprint density at radius 1 is 1.07 bits per heavy atom. The molecule has 0 aliphatic carbocycles. The number of carbonyl (C=O) groups excluding carboxylic acids is 3. The number of esters is 1. The molecule has 2 amide bonds. The van der Waals surface area contributed by atoms with Crippen molar-refractivity contribution in [2.24, 2.45) is 0 Å². The lowest BCUT2D eigenvalue weighted by atomic mass is 10.0. The quantitative estimate of drug-likeness (QED) is 0.675. The molecule has 0 unspecified atom stereocenters. The fourth-order valence-electron chi connectivity index (χ4n) is 3.69. The maximum absolute atomic E-state index is 13.4. The van der Waals surface area contributed by atoms with E-state index in [1.54, 1.807) is 19.1 Å². The largest absolute Gasteiger partial charge is 0.465 e. The summed E-state index contributed by atoms with van der Waals surface area (Å²) in [6, 6.07) is 11.1. The summed E-state index contributed by atoms with van der Waals surface area (Å²) >= 11 is 0. The van der Waals surface area contributed by atoms with Crippen LogP contribution in [0.25, 0.3) is 10.9 Å². The number of fused-ring (bicyclic) bond motifs is 2. The summed E-state index contributed by atoms with van der Waals surface area (Å²) in [6.07, 6.45) is 1.82. The Kier molecular flexibility index (Phi) is 5.03. The SMILES string of the molecule is CCOC(=O)CN1C(=O)CN(C(=O)c2ccc3cc[nH]c3c2)c2cc(C)c(C)cc21. The van der Waals surface area contributed by atoms with Crippen molar-refractivity contribution < 1.29 is 19.1 Å². The minimum atomic E-state index is -0.480. The van der Waals surface area contributed by atoms with E-state index in [4.69, 9.17) is 4.74 Å². The number of anilines is 2. The maximum atomic E-state index is 13.4. The molecule has 0 radical (unpaired) electrons. The van der Waals surface area contributed by atoms with Crippen molar-refractivity contribution in [3.8, 4) is 0 Å². The van der Waals surface area contributed by atoms with Crippen molar-refractivity contribution in [3.63, 3.8) is 0 Å². The molecule has 2 aromatic carbocycles. The third-order valence-corrected chi connectivity index (χ3v) is 5.41. The lowest BCUT2D eigenvalue weighted by Crippen LogP contribution is -2.50. The normalized spacial score (nSPS) is 13.5. The van der Waals surface area contributed by atoms with Gasteiger partial charge < -0.3 is 9.72 Å². The van der Waals surface area contributed by atoms with Crippen LogP contribution >= 0.6 is 0 Å². The molecule has 3 aromatic rings. The Balaban J connectivity index is 1.75. The van der Waals surface area contributed by atoms with E-state index in [0.717, 1.165) is 22.0 Å². The summed E-state index contributed by atoms with van der Waals surface area (Å²) in [4.78, 5) is 44.3. The van der Waals surface area contributed by atoms with E-state index in [9.17, 15) is 14.4 Å².